The lowest BCUT2D eigenvalue weighted by atomic mass is 10.1. The Bertz CT molecular complexity index is 1350. The van der Waals surface area contributed by atoms with Crippen LogP contribution in [0.4, 0.5) is 0 Å². The van der Waals surface area contributed by atoms with Crippen LogP contribution in [0.15, 0.2) is 40.1 Å². The minimum absolute atomic E-state index is 0.0259. The highest BCUT2D eigenvalue weighted by Gasteiger charge is 2.47. The molecule has 1 aliphatic rings. The molecule has 0 bridgehead atoms. The zero-order valence-electron chi connectivity index (χ0n) is 21.2. The van der Waals surface area contributed by atoms with Crippen molar-refractivity contribution in [2.24, 2.45) is 17.8 Å². The maximum absolute atomic E-state index is 13.1. The van der Waals surface area contributed by atoms with Crippen LogP contribution in [0.1, 0.15) is 48.2 Å². The minimum atomic E-state index is -0.479. The summed E-state index contributed by atoms with van der Waals surface area (Å²) in [5.41, 5.74) is 6.87. The SMILES string of the molecule is C\N=C/C=c1/cc(C(=O)NCc2ccc(C#N)cc2)c(=O)n(C)/c1=C\OCC1(SC(C)(C)CN)CC1. The number of aromatic nitrogens is 1. The number of nitrogens with two attached hydrogens (primary N) is 1. The van der Waals surface area contributed by atoms with Crippen LogP contribution in [0, 0.1) is 11.3 Å². The maximum atomic E-state index is 13.1. The van der Waals surface area contributed by atoms with Crippen LogP contribution >= 0.6 is 11.8 Å². The summed E-state index contributed by atoms with van der Waals surface area (Å²) < 4.78 is 7.41. The van der Waals surface area contributed by atoms with Gasteiger partial charge in [0.15, 0.2) is 0 Å². The molecular weight excluding hydrogens is 474 g/mol. The number of amides is 1. The molecule has 8 nitrogen and oxygen atoms in total. The van der Waals surface area contributed by atoms with Crippen LogP contribution in [0.2, 0.25) is 0 Å². The van der Waals surface area contributed by atoms with E-state index in [-0.39, 0.29) is 21.6 Å². The third kappa shape index (κ3) is 6.86. The fourth-order valence-corrected chi connectivity index (χ4v) is 5.35. The molecule has 9 heteroatoms. The van der Waals surface area contributed by atoms with E-state index in [0.29, 0.717) is 29.3 Å². The monoisotopic (exact) mass is 507 g/mol. The summed E-state index contributed by atoms with van der Waals surface area (Å²) in [5.74, 6) is -0.479. The molecule has 0 spiro atoms. The first-order valence-corrected chi connectivity index (χ1v) is 12.6. The average Bonchev–Trinajstić information content (AvgIpc) is 3.63. The Kier molecular flexibility index (Phi) is 8.77. The van der Waals surface area contributed by atoms with Crippen molar-refractivity contribution < 1.29 is 9.53 Å². The Morgan fingerprint density at radius 2 is 2.06 bits per heavy atom. The lowest BCUT2D eigenvalue weighted by Gasteiger charge is -2.27. The molecule has 2 aromatic rings. The number of rotatable bonds is 10. The Balaban J connectivity index is 1.84. The molecule has 0 saturated heterocycles. The van der Waals surface area contributed by atoms with Crippen LogP contribution < -0.4 is 27.2 Å². The van der Waals surface area contributed by atoms with E-state index in [1.807, 2.05) is 11.8 Å². The fraction of sp³-hybridized carbons (Fsp3) is 0.407. The van der Waals surface area contributed by atoms with Gasteiger partial charge in [0.25, 0.3) is 11.5 Å². The minimum Gasteiger partial charge on any atom is -0.498 e. The van der Waals surface area contributed by atoms with Crippen molar-refractivity contribution in [2.45, 2.75) is 42.7 Å². The van der Waals surface area contributed by atoms with Crippen LogP contribution in [-0.4, -0.2) is 46.4 Å². The lowest BCUT2D eigenvalue weighted by Crippen LogP contribution is -2.46. The Hall–Kier alpha value is -3.35. The number of nitrogens with one attached hydrogen (secondary N) is 1. The van der Waals surface area contributed by atoms with E-state index in [4.69, 9.17) is 15.7 Å². The van der Waals surface area contributed by atoms with Gasteiger partial charge in [-0.15, -0.1) is 11.8 Å². The quantitative estimate of drug-likeness (QED) is 0.469. The van der Waals surface area contributed by atoms with Gasteiger partial charge in [0.2, 0.25) is 0 Å². The zero-order valence-corrected chi connectivity index (χ0v) is 22.0. The van der Waals surface area contributed by atoms with Crippen molar-refractivity contribution >= 4 is 36.2 Å². The number of benzene rings is 1. The first-order chi connectivity index (χ1) is 17.1. The van der Waals surface area contributed by atoms with Gasteiger partial charge in [0, 0.05) is 43.4 Å². The van der Waals surface area contributed by atoms with Crippen molar-refractivity contribution in [1.82, 2.24) is 9.88 Å². The molecule has 3 rings (SSSR count). The third-order valence-corrected chi connectivity index (χ3v) is 7.69. The maximum Gasteiger partial charge on any atom is 0.263 e. The van der Waals surface area contributed by atoms with Gasteiger partial charge in [0.1, 0.15) is 18.4 Å². The number of ether oxygens (including phenoxy) is 1. The Morgan fingerprint density at radius 3 is 2.64 bits per heavy atom. The largest absolute Gasteiger partial charge is 0.498 e. The highest BCUT2D eigenvalue weighted by molar-refractivity contribution is 8.02. The number of nitriles is 1. The summed E-state index contributed by atoms with van der Waals surface area (Å²) in [5, 5.41) is 12.9. The predicted octanol–water partition coefficient (Wildman–Crippen LogP) is 1.43. The van der Waals surface area contributed by atoms with Gasteiger partial charge in [-0.2, -0.15) is 5.26 Å². The standard InChI is InChI=1S/C27H33N5O3S/c1-26(2,17-29)36-27(10-11-27)18-35-16-23-21(9-12-30-3)13-22(25(34)32(23)4)24(33)31-15-20-7-5-19(14-28)6-8-20/h5-9,12-13,16H,10-11,15,17-18,29H2,1-4H3,(H,31,33)/b21-9-,23-16-,30-12-. The molecule has 1 aromatic heterocycles. The molecule has 1 amide bonds. The second-order valence-corrected chi connectivity index (χ2v) is 11.7. The molecule has 3 N–H and O–H groups in total. The highest BCUT2D eigenvalue weighted by atomic mass is 32.2. The zero-order chi connectivity index (χ0) is 26.3. The Labute approximate surface area is 215 Å². The van der Waals surface area contributed by atoms with Crippen molar-refractivity contribution in [3.05, 3.63) is 67.9 Å². The highest BCUT2D eigenvalue weighted by Crippen LogP contribution is 2.53. The van der Waals surface area contributed by atoms with Gasteiger partial charge < -0.3 is 20.4 Å². The summed E-state index contributed by atoms with van der Waals surface area (Å²) in [4.78, 5) is 30.0. The number of nitrogens with zero attached hydrogens (tertiary/aromatic N) is 3. The second kappa shape index (κ2) is 11.6. The van der Waals surface area contributed by atoms with E-state index >= 15 is 0 Å². The molecule has 0 aliphatic heterocycles. The van der Waals surface area contributed by atoms with Crippen molar-refractivity contribution in [3.8, 4) is 6.07 Å². The molecule has 1 fully saturated rings. The Morgan fingerprint density at radius 1 is 1.36 bits per heavy atom. The van der Waals surface area contributed by atoms with Gasteiger partial charge in [-0.05, 0) is 56.5 Å². The lowest BCUT2D eigenvalue weighted by molar-refractivity contribution is 0.0948. The second-order valence-electron chi connectivity index (χ2n) is 9.51. The molecule has 36 heavy (non-hydrogen) atoms. The number of carbonyl (C=O) groups is 1. The van der Waals surface area contributed by atoms with Gasteiger partial charge in [0.05, 0.1) is 21.7 Å². The molecule has 1 aliphatic carbocycles. The van der Waals surface area contributed by atoms with E-state index < -0.39 is 11.5 Å². The van der Waals surface area contributed by atoms with Crippen LogP contribution in [0.25, 0.3) is 12.3 Å². The number of carbonyl (C=O) groups excluding carboxylic acids is 1. The van der Waals surface area contributed by atoms with E-state index in [1.54, 1.807) is 63.0 Å². The molecule has 0 radical (unpaired) electrons. The van der Waals surface area contributed by atoms with E-state index in [9.17, 15) is 9.59 Å². The van der Waals surface area contributed by atoms with Crippen LogP contribution in [-0.2, 0) is 18.3 Å². The van der Waals surface area contributed by atoms with Crippen LogP contribution in [0.3, 0.4) is 0 Å². The third-order valence-electron chi connectivity index (χ3n) is 6.01. The number of hydrogen-bond donors (Lipinski definition) is 2. The topological polar surface area (TPSA) is 122 Å². The molecule has 1 saturated carbocycles. The molecule has 190 valence electrons. The van der Waals surface area contributed by atoms with Crippen LogP contribution in [0.5, 0.6) is 0 Å². The van der Waals surface area contributed by atoms with E-state index in [0.717, 1.165) is 18.4 Å². The van der Waals surface area contributed by atoms with Gasteiger partial charge in [-0.1, -0.05) is 12.1 Å². The summed E-state index contributed by atoms with van der Waals surface area (Å²) in [6.45, 7) is 5.60. The fourth-order valence-electron chi connectivity index (χ4n) is 3.66. The summed E-state index contributed by atoms with van der Waals surface area (Å²) in [6.07, 6.45) is 7.06. The first kappa shape index (κ1) is 27.2. The number of aliphatic imine (C=N–C) groups is 1. The normalized spacial score (nSPS) is 15.7. The summed E-state index contributed by atoms with van der Waals surface area (Å²) in [6, 6.07) is 10.5. The molecule has 0 atom stereocenters. The van der Waals surface area contributed by atoms with Crippen molar-refractivity contribution in [1.29, 1.82) is 5.26 Å². The van der Waals surface area contributed by atoms with Gasteiger partial charge in [-0.3, -0.25) is 14.6 Å². The molecule has 0 unspecified atom stereocenters. The molecular formula is C27H33N5O3S. The predicted molar refractivity (Wildman–Crippen MR) is 145 cm³/mol. The smallest absolute Gasteiger partial charge is 0.263 e. The van der Waals surface area contributed by atoms with E-state index in [2.05, 4.69) is 30.2 Å². The number of hydrogen-bond acceptors (Lipinski definition) is 7. The molecule has 1 heterocycles. The van der Waals surface area contributed by atoms with Crippen molar-refractivity contribution in [2.75, 3.05) is 20.2 Å². The van der Waals surface area contributed by atoms with Gasteiger partial charge in [-0.25, -0.2) is 0 Å². The van der Waals surface area contributed by atoms with Gasteiger partial charge >= 0.3 is 0 Å². The van der Waals surface area contributed by atoms with Crippen molar-refractivity contribution in [3.63, 3.8) is 0 Å². The number of pyridine rings is 1. The summed E-state index contributed by atoms with van der Waals surface area (Å²) >= 11 is 1.85. The first-order valence-electron chi connectivity index (χ1n) is 11.8. The van der Waals surface area contributed by atoms with E-state index in [1.165, 1.54) is 4.57 Å². The summed E-state index contributed by atoms with van der Waals surface area (Å²) in [7, 11) is 3.27. The number of thioether (sulfide) groups is 1. The average molecular weight is 508 g/mol. The molecule has 1 aromatic carbocycles.